The second kappa shape index (κ2) is 8.46. The molecule has 0 atom stereocenters. The van der Waals surface area contributed by atoms with Gasteiger partial charge in [0.2, 0.25) is 11.8 Å². The SMILES string of the molecule is CNc1cc(Nc2ncc3c(n2)OCN(c2c(Cl)cccc2Cl)C3=O)cc2c1CNCC2. The first kappa shape index (κ1) is 20.8. The molecule has 1 amide bonds. The number of rotatable bonds is 4. The van der Waals surface area contributed by atoms with Crippen LogP contribution in [0.1, 0.15) is 21.5 Å². The number of hydrogen-bond acceptors (Lipinski definition) is 7. The van der Waals surface area contributed by atoms with E-state index in [0.29, 0.717) is 21.7 Å². The fourth-order valence-corrected chi connectivity index (χ4v) is 4.55. The number of carbonyl (C=O) groups excluding carboxylic acids is 1. The molecule has 0 aliphatic carbocycles. The lowest BCUT2D eigenvalue weighted by Gasteiger charge is -2.29. The van der Waals surface area contributed by atoms with Crippen molar-refractivity contribution in [3.8, 4) is 5.88 Å². The lowest BCUT2D eigenvalue weighted by atomic mass is 9.98. The summed E-state index contributed by atoms with van der Waals surface area (Å²) >= 11 is 12.5. The number of amides is 1. The molecule has 1 aromatic heterocycles. The van der Waals surface area contributed by atoms with Crippen LogP contribution in [0.3, 0.4) is 0 Å². The molecule has 3 N–H and O–H groups in total. The monoisotopic (exact) mass is 470 g/mol. The Morgan fingerprint density at radius 2 is 2.03 bits per heavy atom. The quantitative estimate of drug-likeness (QED) is 0.525. The molecule has 0 radical (unpaired) electrons. The van der Waals surface area contributed by atoms with Crippen molar-refractivity contribution in [2.75, 3.05) is 35.9 Å². The first-order chi connectivity index (χ1) is 15.5. The molecule has 8 nitrogen and oxygen atoms in total. The van der Waals surface area contributed by atoms with Crippen LogP contribution >= 0.6 is 23.2 Å². The Morgan fingerprint density at radius 3 is 2.81 bits per heavy atom. The molecule has 10 heteroatoms. The largest absolute Gasteiger partial charge is 0.455 e. The van der Waals surface area contributed by atoms with Crippen LogP contribution in [-0.4, -0.2) is 36.2 Å². The smallest absolute Gasteiger partial charge is 0.268 e. The summed E-state index contributed by atoms with van der Waals surface area (Å²) in [6.45, 7) is 1.72. The van der Waals surface area contributed by atoms with Gasteiger partial charge in [0, 0.05) is 31.2 Å². The van der Waals surface area contributed by atoms with Crippen molar-refractivity contribution in [3.05, 3.63) is 63.3 Å². The van der Waals surface area contributed by atoms with E-state index in [2.05, 4.69) is 32.0 Å². The van der Waals surface area contributed by atoms with Gasteiger partial charge in [-0.05, 0) is 48.4 Å². The topological polar surface area (TPSA) is 91.4 Å². The molecule has 0 unspecified atom stereocenters. The Hall–Kier alpha value is -3.07. The number of benzene rings is 2. The van der Waals surface area contributed by atoms with Gasteiger partial charge in [0.1, 0.15) is 5.56 Å². The fourth-order valence-electron chi connectivity index (χ4n) is 3.95. The van der Waals surface area contributed by atoms with E-state index in [1.807, 2.05) is 13.1 Å². The highest BCUT2D eigenvalue weighted by Gasteiger charge is 2.31. The molecular formula is C22H20Cl2N6O2. The first-order valence-corrected chi connectivity index (χ1v) is 10.9. The number of hydrogen-bond donors (Lipinski definition) is 3. The third kappa shape index (κ3) is 3.70. The normalized spacial score (nSPS) is 15.0. The zero-order valence-corrected chi connectivity index (χ0v) is 18.7. The summed E-state index contributed by atoms with van der Waals surface area (Å²) < 4.78 is 5.76. The van der Waals surface area contributed by atoms with Crippen molar-refractivity contribution in [2.24, 2.45) is 0 Å². The fraction of sp³-hybridized carbons (Fsp3) is 0.227. The summed E-state index contributed by atoms with van der Waals surface area (Å²) in [5, 5.41) is 10.6. The minimum absolute atomic E-state index is 0.0541. The molecule has 0 spiro atoms. The number of halogens is 2. The van der Waals surface area contributed by atoms with Crippen LogP contribution in [0.25, 0.3) is 0 Å². The highest BCUT2D eigenvalue weighted by Crippen LogP contribution is 2.37. The van der Waals surface area contributed by atoms with Gasteiger partial charge in [-0.15, -0.1) is 0 Å². The van der Waals surface area contributed by atoms with Crippen LogP contribution in [0.15, 0.2) is 36.5 Å². The van der Waals surface area contributed by atoms with E-state index in [0.717, 1.165) is 30.9 Å². The lowest BCUT2D eigenvalue weighted by molar-refractivity contribution is 0.0932. The molecule has 3 aromatic rings. The van der Waals surface area contributed by atoms with Crippen LogP contribution in [0, 0.1) is 0 Å². The van der Waals surface area contributed by atoms with Gasteiger partial charge in [-0.25, -0.2) is 4.98 Å². The van der Waals surface area contributed by atoms with Crippen molar-refractivity contribution >= 4 is 52.1 Å². The van der Waals surface area contributed by atoms with Crippen molar-refractivity contribution in [1.29, 1.82) is 0 Å². The van der Waals surface area contributed by atoms with Gasteiger partial charge in [-0.2, -0.15) is 4.98 Å². The predicted octanol–water partition coefficient (Wildman–Crippen LogP) is 4.21. The molecule has 164 valence electrons. The molecule has 2 aromatic carbocycles. The van der Waals surface area contributed by atoms with Crippen LogP contribution in [-0.2, 0) is 13.0 Å². The molecule has 2 aliphatic rings. The standard InChI is InChI=1S/C22H20Cl2N6O2/c1-25-18-8-13(7-12-5-6-26-9-14(12)18)28-22-27-10-15-20(29-22)32-11-30(21(15)31)19-16(23)3-2-4-17(19)24/h2-4,7-8,10,25-26H,5-6,9,11H2,1H3,(H,27,28,29). The number of nitrogens with one attached hydrogen (secondary N) is 3. The summed E-state index contributed by atoms with van der Waals surface area (Å²) in [6, 6.07) is 9.18. The molecule has 3 heterocycles. The Morgan fingerprint density at radius 1 is 1.22 bits per heavy atom. The van der Waals surface area contributed by atoms with E-state index in [1.165, 1.54) is 22.2 Å². The van der Waals surface area contributed by atoms with Gasteiger partial charge >= 0.3 is 0 Å². The Balaban J connectivity index is 1.42. The molecule has 0 saturated heterocycles. The van der Waals surface area contributed by atoms with Gasteiger partial charge in [-0.1, -0.05) is 29.3 Å². The molecular weight excluding hydrogens is 451 g/mol. The number of carbonyl (C=O) groups is 1. The number of para-hydroxylation sites is 1. The third-order valence-corrected chi connectivity index (χ3v) is 6.12. The van der Waals surface area contributed by atoms with Crippen molar-refractivity contribution in [3.63, 3.8) is 0 Å². The number of anilines is 4. The number of ether oxygens (including phenoxy) is 1. The number of nitrogens with zero attached hydrogens (tertiary/aromatic N) is 3. The molecule has 32 heavy (non-hydrogen) atoms. The number of fused-ring (bicyclic) bond motifs is 2. The molecule has 2 aliphatic heterocycles. The maximum absolute atomic E-state index is 13.0. The average molecular weight is 471 g/mol. The zero-order valence-electron chi connectivity index (χ0n) is 17.2. The van der Waals surface area contributed by atoms with Gasteiger partial charge in [-0.3, -0.25) is 9.69 Å². The lowest BCUT2D eigenvalue weighted by Crippen LogP contribution is -2.39. The predicted molar refractivity (Wildman–Crippen MR) is 125 cm³/mol. The maximum atomic E-state index is 13.0. The van der Waals surface area contributed by atoms with Crippen molar-refractivity contribution in [1.82, 2.24) is 15.3 Å². The highest BCUT2D eigenvalue weighted by molar-refractivity contribution is 6.40. The van der Waals surface area contributed by atoms with E-state index >= 15 is 0 Å². The average Bonchev–Trinajstić information content (AvgIpc) is 2.80. The summed E-state index contributed by atoms with van der Waals surface area (Å²) in [5.74, 6) is 0.228. The first-order valence-electron chi connectivity index (χ1n) is 10.1. The molecule has 0 bridgehead atoms. The second-order valence-electron chi connectivity index (χ2n) is 7.45. The van der Waals surface area contributed by atoms with Crippen molar-refractivity contribution in [2.45, 2.75) is 13.0 Å². The van der Waals surface area contributed by atoms with Gasteiger partial charge < -0.3 is 20.7 Å². The van der Waals surface area contributed by atoms with Crippen LogP contribution < -0.4 is 25.6 Å². The van der Waals surface area contributed by atoms with Crippen LogP contribution in [0.2, 0.25) is 10.0 Å². The summed E-state index contributed by atoms with van der Waals surface area (Å²) in [5.41, 5.74) is 5.09. The van der Waals surface area contributed by atoms with E-state index < -0.39 is 0 Å². The molecule has 0 saturated carbocycles. The molecule has 0 fully saturated rings. The van der Waals surface area contributed by atoms with Crippen molar-refractivity contribution < 1.29 is 9.53 Å². The molecule has 5 rings (SSSR count). The van der Waals surface area contributed by atoms with Crippen LogP contribution in [0.5, 0.6) is 5.88 Å². The third-order valence-electron chi connectivity index (χ3n) is 5.51. The summed E-state index contributed by atoms with van der Waals surface area (Å²) in [4.78, 5) is 23.2. The summed E-state index contributed by atoms with van der Waals surface area (Å²) in [7, 11) is 1.90. The van der Waals surface area contributed by atoms with E-state index in [4.69, 9.17) is 27.9 Å². The highest BCUT2D eigenvalue weighted by atomic mass is 35.5. The van der Waals surface area contributed by atoms with E-state index in [1.54, 1.807) is 18.2 Å². The number of aromatic nitrogens is 2. The van der Waals surface area contributed by atoms with E-state index in [9.17, 15) is 4.79 Å². The van der Waals surface area contributed by atoms with Gasteiger partial charge in [0.15, 0.2) is 6.73 Å². The Labute approximate surface area is 194 Å². The Kier molecular flexibility index (Phi) is 5.50. The minimum Gasteiger partial charge on any atom is -0.455 e. The van der Waals surface area contributed by atoms with Gasteiger partial charge in [0.05, 0.1) is 15.7 Å². The van der Waals surface area contributed by atoms with Gasteiger partial charge in [0.25, 0.3) is 5.91 Å². The minimum atomic E-state index is -0.327. The zero-order chi connectivity index (χ0) is 22.2. The second-order valence-corrected chi connectivity index (χ2v) is 8.27. The van der Waals surface area contributed by atoms with Crippen LogP contribution in [0.4, 0.5) is 23.0 Å². The maximum Gasteiger partial charge on any atom is 0.268 e. The Bertz CT molecular complexity index is 1180. The van der Waals surface area contributed by atoms with E-state index in [-0.39, 0.29) is 24.1 Å². The summed E-state index contributed by atoms with van der Waals surface area (Å²) in [6.07, 6.45) is 2.40.